The molecule has 0 saturated heterocycles. The number of methoxy groups -OCH3 is 1. The number of hydrogen-bond acceptors (Lipinski definition) is 4. The Morgan fingerprint density at radius 2 is 2.25 bits per heavy atom. The van der Waals surface area contributed by atoms with E-state index in [-0.39, 0.29) is 5.97 Å². The highest BCUT2D eigenvalue weighted by Crippen LogP contribution is 2.01. The fourth-order valence-corrected chi connectivity index (χ4v) is 1.29. The maximum atomic E-state index is 10.6. The third-order valence-electron chi connectivity index (χ3n) is 1.16. The molecule has 0 heterocycles. The second kappa shape index (κ2) is 7.18. The molecule has 0 unspecified atom stereocenters. The number of esters is 1. The van der Waals surface area contributed by atoms with Crippen molar-refractivity contribution >= 4 is 17.7 Å². The highest BCUT2D eigenvalue weighted by atomic mass is 32.2. The number of thioether (sulfide) groups is 1. The lowest BCUT2D eigenvalue weighted by Crippen LogP contribution is -2.14. The summed E-state index contributed by atoms with van der Waals surface area (Å²) in [6, 6.07) is 0. The maximum Gasteiger partial charge on any atom is 0.330 e. The molecule has 0 rings (SSSR count). The van der Waals surface area contributed by atoms with E-state index in [1.807, 2.05) is 14.1 Å². The summed E-state index contributed by atoms with van der Waals surface area (Å²) in [5, 5.41) is 1.76. The van der Waals surface area contributed by atoms with Crippen LogP contribution in [0.5, 0.6) is 0 Å². The van der Waals surface area contributed by atoms with Gasteiger partial charge in [0, 0.05) is 18.4 Å². The summed E-state index contributed by atoms with van der Waals surface area (Å²) >= 11 is 1.60. The SMILES string of the molecule is COC(=O)C=CSCCN(C)C. The molecule has 4 heteroatoms. The van der Waals surface area contributed by atoms with E-state index in [9.17, 15) is 4.79 Å². The van der Waals surface area contributed by atoms with Crippen molar-refractivity contribution < 1.29 is 9.53 Å². The minimum absolute atomic E-state index is 0.299. The van der Waals surface area contributed by atoms with Gasteiger partial charge in [-0.25, -0.2) is 4.79 Å². The van der Waals surface area contributed by atoms with E-state index in [1.54, 1.807) is 17.2 Å². The van der Waals surface area contributed by atoms with E-state index in [0.29, 0.717) is 0 Å². The lowest BCUT2D eigenvalue weighted by atomic mass is 10.7. The molecule has 0 N–H and O–H groups in total. The largest absolute Gasteiger partial charge is 0.466 e. The predicted octanol–water partition coefficient (Wildman–Crippen LogP) is 0.968. The molecule has 0 aliphatic heterocycles. The third-order valence-corrected chi connectivity index (χ3v) is 1.90. The van der Waals surface area contributed by atoms with Crippen molar-refractivity contribution in [2.75, 3.05) is 33.5 Å². The Balaban J connectivity index is 3.30. The third kappa shape index (κ3) is 7.63. The minimum Gasteiger partial charge on any atom is -0.466 e. The van der Waals surface area contributed by atoms with Crippen LogP contribution in [0.15, 0.2) is 11.5 Å². The number of hydrogen-bond donors (Lipinski definition) is 0. The summed E-state index contributed by atoms with van der Waals surface area (Å²) in [6.45, 7) is 1.01. The van der Waals surface area contributed by atoms with E-state index in [4.69, 9.17) is 0 Å². The van der Waals surface area contributed by atoms with Crippen LogP contribution in [-0.4, -0.2) is 44.4 Å². The van der Waals surface area contributed by atoms with Gasteiger partial charge in [-0.3, -0.25) is 0 Å². The molecule has 0 aromatic carbocycles. The van der Waals surface area contributed by atoms with Gasteiger partial charge in [-0.05, 0) is 19.5 Å². The lowest BCUT2D eigenvalue weighted by Gasteiger charge is -2.06. The lowest BCUT2D eigenvalue weighted by molar-refractivity contribution is -0.134. The molecule has 70 valence electrons. The first-order valence-corrected chi connectivity index (χ1v) is 4.72. The van der Waals surface area contributed by atoms with Crippen LogP contribution in [0.25, 0.3) is 0 Å². The molecule has 0 radical (unpaired) electrons. The van der Waals surface area contributed by atoms with Crippen molar-refractivity contribution in [2.24, 2.45) is 0 Å². The normalized spacial score (nSPS) is 11.0. The van der Waals surface area contributed by atoms with Crippen LogP contribution >= 0.6 is 11.8 Å². The Kier molecular flexibility index (Phi) is 6.90. The van der Waals surface area contributed by atoms with Gasteiger partial charge in [-0.2, -0.15) is 0 Å². The van der Waals surface area contributed by atoms with Crippen LogP contribution in [-0.2, 0) is 9.53 Å². The summed E-state index contributed by atoms with van der Waals surface area (Å²) < 4.78 is 4.43. The van der Waals surface area contributed by atoms with Crippen molar-refractivity contribution in [1.82, 2.24) is 4.90 Å². The van der Waals surface area contributed by atoms with Crippen LogP contribution in [0.2, 0.25) is 0 Å². The predicted molar refractivity (Wildman–Crippen MR) is 52.2 cm³/mol. The Morgan fingerprint density at radius 1 is 1.58 bits per heavy atom. The Bertz CT molecular complexity index is 157. The van der Waals surface area contributed by atoms with E-state index in [1.165, 1.54) is 13.2 Å². The molecule has 0 saturated carbocycles. The zero-order chi connectivity index (χ0) is 9.40. The average Bonchev–Trinajstić information content (AvgIpc) is 2.03. The molecule has 0 aliphatic carbocycles. The molecule has 0 aromatic heterocycles. The van der Waals surface area contributed by atoms with Gasteiger partial charge in [-0.1, -0.05) is 0 Å². The summed E-state index contributed by atoms with van der Waals surface area (Å²) in [5.74, 6) is 0.688. The number of carbonyl (C=O) groups excluding carboxylic acids is 1. The highest BCUT2D eigenvalue weighted by Gasteiger charge is 1.90. The molecule has 0 aliphatic rings. The molecule has 0 bridgehead atoms. The second-order valence-electron chi connectivity index (χ2n) is 2.50. The summed E-state index contributed by atoms with van der Waals surface area (Å²) in [4.78, 5) is 12.7. The number of ether oxygens (including phenoxy) is 1. The van der Waals surface area contributed by atoms with Crippen molar-refractivity contribution in [2.45, 2.75) is 0 Å². The standard InChI is InChI=1S/C8H15NO2S/c1-9(2)5-7-12-6-4-8(10)11-3/h4,6H,5,7H2,1-3H3. The van der Waals surface area contributed by atoms with Crippen molar-refractivity contribution in [1.29, 1.82) is 0 Å². The van der Waals surface area contributed by atoms with Crippen molar-refractivity contribution in [3.8, 4) is 0 Å². The van der Waals surface area contributed by atoms with Gasteiger partial charge in [0.05, 0.1) is 7.11 Å². The van der Waals surface area contributed by atoms with Gasteiger partial charge in [0.2, 0.25) is 0 Å². The maximum absolute atomic E-state index is 10.6. The van der Waals surface area contributed by atoms with Gasteiger partial charge in [0.15, 0.2) is 0 Å². The fraction of sp³-hybridized carbons (Fsp3) is 0.625. The fourth-order valence-electron chi connectivity index (χ4n) is 0.475. The summed E-state index contributed by atoms with van der Waals surface area (Å²) in [7, 11) is 5.41. The number of rotatable bonds is 5. The topological polar surface area (TPSA) is 29.5 Å². The Morgan fingerprint density at radius 3 is 2.75 bits per heavy atom. The van der Waals surface area contributed by atoms with Gasteiger partial charge >= 0.3 is 5.97 Å². The number of carbonyl (C=O) groups is 1. The molecular weight excluding hydrogens is 174 g/mol. The number of nitrogens with zero attached hydrogens (tertiary/aromatic N) is 1. The van der Waals surface area contributed by atoms with Crippen molar-refractivity contribution in [3.63, 3.8) is 0 Å². The van der Waals surface area contributed by atoms with Crippen LogP contribution < -0.4 is 0 Å². The van der Waals surface area contributed by atoms with E-state index < -0.39 is 0 Å². The minimum atomic E-state index is -0.299. The van der Waals surface area contributed by atoms with Crippen LogP contribution in [0.1, 0.15) is 0 Å². The molecule has 0 amide bonds. The second-order valence-corrected chi connectivity index (χ2v) is 3.51. The summed E-state index contributed by atoms with van der Waals surface area (Å²) in [6.07, 6.45) is 1.43. The van der Waals surface area contributed by atoms with Gasteiger partial charge in [0.1, 0.15) is 0 Å². The summed E-state index contributed by atoms with van der Waals surface area (Å²) in [5.41, 5.74) is 0. The van der Waals surface area contributed by atoms with Gasteiger partial charge in [-0.15, -0.1) is 11.8 Å². The van der Waals surface area contributed by atoms with Crippen molar-refractivity contribution in [3.05, 3.63) is 11.5 Å². The molecule has 0 spiro atoms. The van der Waals surface area contributed by atoms with Crippen LogP contribution in [0.4, 0.5) is 0 Å². The zero-order valence-electron chi connectivity index (χ0n) is 7.74. The molecular formula is C8H15NO2S. The van der Waals surface area contributed by atoms with E-state index >= 15 is 0 Å². The molecule has 0 atom stereocenters. The van der Waals surface area contributed by atoms with E-state index in [2.05, 4.69) is 9.64 Å². The quantitative estimate of drug-likeness (QED) is 0.366. The van der Waals surface area contributed by atoms with Crippen LogP contribution in [0.3, 0.4) is 0 Å². The first kappa shape index (κ1) is 11.5. The molecule has 0 fully saturated rings. The highest BCUT2D eigenvalue weighted by molar-refractivity contribution is 8.02. The van der Waals surface area contributed by atoms with E-state index in [0.717, 1.165) is 12.3 Å². The molecule has 12 heavy (non-hydrogen) atoms. The zero-order valence-corrected chi connectivity index (χ0v) is 8.56. The Hall–Kier alpha value is -0.480. The molecule has 0 aromatic rings. The van der Waals surface area contributed by atoms with Gasteiger partial charge < -0.3 is 9.64 Å². The first-order valence-electron chi connectivity index (χ1n) is 3.67. The smallest absolute Gasteiger partial charge is 0.330 e. The van der Waals surface area contributed by atoms with Gasteiger partial charge in [0.25, 0.3) is 0 Å². The average molecular weight is 189 g/mol. The molecule has 3 nitrogen and oxygen atoms in total. The monoisotopic (exact) mass is 189 g/mol. The van der Waals surface area contributed by atoms with Crippen LogP contribution in [0, 0.1) is 0 Å². The Labute approximate surface area is 77.8 Å². The first-order chi connectivity index (χ1) is 5.66.